The molecule has 7 heteroatoms. The molecule has 3 aliphatic rings. The number of carboxylic acid groups (broad SMARTS) is 1. The number of nitrogens with one attached hydrogen (secondary N) is 2. The van der Waals surface area contributed by atoms with Gasteiger partial charge in [0.2, 0.25) is 5.91 Å². The second-order valence-corrected chi connectivity index (χ2v) is 9.91. The quantitative estimate of drug-likeness (QED) is 0.549. The number of aliphatic carboxylic acids is 1. The van der Waals surface area contributed by atoms with Crippen LogP contribution < -0.4 is 10.6 Å². The highest BCUT2D eigenvalue weighted by molar-refractivity contribution is 5.86. The smallest absolute Gasteiger partial charge is 0.407 e. The number of rotatable bonds is 8. The minimum Gasteiger partial charge on any atom is -0.481 e. The van der Waals surface area contributed by atoms with E-state index < -0.39 is 17.5 Å². The van der Waals surface area contributed by atoms with Gasteiger partial charge in [-0.3, -0.25) is 9.59 Å². The SMILES string of the molecule is O=C(O)C[C@H]1CC[C@@H](NC(=O)C2(CNC(=O)OCC3c4ccccc4-c4ccccc43)CC2)C1. The molecule has 5 rings (SSSR count). The van der Waals surface area contributed by atoms with Crippen LogP contribution in [0.5, 0.6) is 0 Å². The Bertz CT molecular complexity index is 1060. The van der Waals surface area contributed by atoms with Crippen molar-refractivity contribution in [3.63, 3.8) is 0 Å². The van der Waals surface area contributed by atoms with E-state index in [4.69, 9.17) is 9.84 Å². The predicted molar refractivity (Wildman–Crippen MR) is 126 cm³/mol. The van der Waals surface area contributed by atoms with Gasteiger partial charge in [-0.15, -0.1) is 0 Å². The normalized spacial score (nSPS) is 21.9. The third kappa shape index (κ3) is 4.52. The summed E-state index contributed by atoms with van der Waals surface area (Å²) in [5.74, 6) is -0.718. The van der Waals surface area contributed by atoms with E-state index in [1.807, 2.05) is 24.3 Å². The monoisotopic (exact) mass is 462 g/mol. The standard InChI is InChI=1S/C27H30N2O5/c30-24(31)14-17-9-10-18(13-17)29-25(32)27(11-12-27)16-28-26(33)34-15-23-21-7-3-1-5-19(21)20-6-2-4-8-22(20)23/h1-8,17-18,23H,9-16H2,(H,28,33)(H,29,32)(H,30,31)/t17-,18+/m0/s1. The first-order chi connectivity index (χ1) is 16.4. The molecule has 2 amide bonds. The molecule has 3 aliphatic carbocycles. The molecule has 2 fully saturated rings. The van der Waals surface area contributed by atoms with Crippen LogP contribution in [0.25, 0.3) is 11.1 Å². The van der Waals surface area contributed by atoms with E-state index >= 15 is 0 Å². The molecule has 2 aromatic carbocycles. The van der Waals surface area contributed by atoms with Crippen LogP contribution in [0.3, 0.4) is 0 Å². The summed E-state index contributed by atoms with van der Waals surface area (Å²) in [5, 5.41) is 14.9. The summed E-state index contributed by atoms with van der Waals surface area (Å²) in [5.41, 5.74) is 4.10. The van der Waals surface area contributed by atoms with Gasteiger partial charge in [-0.05, 0) is 60.3 Å². The summed E-state index contributed by atoms with van der Waals surface area (Å²) in [6.07, 6.45) is 3.43. The van der Waals surface area contributed by atoms with Gasteiger partial charge in [-0.25, -0.2) is 4.79 Å². The van der Waals surface area contributed by atoms with Gasteiger partial charge in [0.1, 0.15) is 6.61 Å². The number of fused-ring (bicyclic) bond motifs is 3. The fourth-order valence-electron chi connectivity index (χ4n) is 5.50. The van der Waals surface area contributed by atoms with Crippen molar-refractivity contribution in [3.8, 4) is 11.1 Å². The number of carbonyl (C=O) groups excluding carboxylic acids is 2. The molecule has 2 atom stereocenters. The number of amides is 2. The fourth-order valence-corrected chi connectivity index (χ4v) is 5.50. The number of alkyl carbamates (subject to hydrolysis) is 1. The summed E-state index contributed by atoms with van der Waals surface area (Å²) < 4.78 is 5.59. The molecule has 2 saturated carbocycles. The van der Waals surface area contributed by atoms with Crippen molar-refractivity contribution in [1.29, 1.82) is 0 Å². The highest BCUT2D eigenvalue weighted by Crippen LogP contribution is 2.46. The Morgan fingerprint density at radius 2 is 1.62 bits per heavy atom. The molecule has 0 bridgehead atoms. The minimum atomic E-state index is -0.789. The van der Waals surface area contributed by atoms with Gasteiger partial charge in [-0.2, -0.15) is 0 Å². The maximum absolute atomic E-state index is 12.8. The molecule has 7 nitrogen and oxygen atoms in total. The van der Waals surface area contributed by atoms with Crippen molar-refractivity contribution >= 4 is 18.0 Å². The van der Waals surface area contributed by atoms with Crippen LogP contribution in [-0.4, -0.2) is 42.3 Å². The van der Waals surface area contributed by atoms with E-state index in [1.165, 1.54) is 11.1 Å². The zero-order valence-electron chi connectivity index (χ0n) is 19.1. The lowest BCUT2D eigenvalue weighted by atomic mass is 9.98. The van der Waals surface area contributed by atoms with Gasteiger partial charge in [0.05, 0.1) is 5.41 Å². The molecular weight excluding hydrogens is 432 g/mol. The first kappa shape index (κ1) is 22.4. The summed E-state index contributed by atoms with van der Waals surface area (Å²) in [6.45, 7) is 0.493. The first-order valence-electron chi connectivity index (χ1n) is 12.1. The number of benzene rings is 2. The van der Waals surface area contributed by atoms with Gasteiger partial charge in [0.25, 0.3) is 0 Å². The van der Waals surface area contributed by atoms with Crippen molar-refractivity contribution in [2.75, 3.05) is 13.2 Å². The van der Waals surface area contributed by atoms with Crippen LogP contribution in [-0.2, 0) is 14.3 Å². The molecule has 0 aromatic heterocycles. The van der Waals surface area contributed by atoms with E-state index in [-0.39, 0.29) is 43.4 Å². The van der Waals surface area contributed by atoms with Gasteiger partial charge < -0.3 is 20.5 Å². The Balaban J connectivity index is 1.12. The Hall–Kier alpha value is -3.35. The molecule has 0 radical (unpaired) electrons. The van der Waals surface area contributed by atoms with Crippen molar-refractivity contribution in [3.05, 3.63) is 59.7 Å². The van der Waals surface area contributed by atoms with Crippen molar-refractivity contribution in [1.82, 2.24) is 10.6 Å². The lowest BCUT2D eigenvalue weighted by Gasteiger charge is -2.20. The maximum Gasteiger partial charge on any atom is 0.407 e. The predicted octanol–water partition coefficient (Wildman–Crippen LogP) is 4.06. The zero-order chi connectivity index (χ0) is 23.7. The van der Waals surface area contributed by atoms with Crippen LogP contribution >= 0.6 is 0 Å². The van der Waals surface area contributed by atoms with Crippen LogP contribution in [0.15, 0.2) is 48.5 Å². The van der Waals surface area contributed by atoms with E-state index in [1.54, 1.807) is 0 Å². The zero-order valence-corrected chi connectivity index (χ0v) is 19.1. The lowest BCUT2D eigenvalue weighted by molar-refractivity contribution is -0.138. The number of carbonyl (C=O) groups is 3. The van der Waals surface area contributed by atoms with Crippen LogP contribution in [0, 0.1) is 11.3 Å². The Morgan fingerprint density at radius 1 is 0.971 bits per heavy atom. The van der Waals surface area contributed by atoms with Crippen LogP contribution in [0.1, 0.15) is 55.6 Å². The number of hydrogen-bond acceptors (Lipinski definition) is 4. The first-order valence-corrected chi connectivity index (χ1v) is 12.1. The lowest BCUT2D eigenvalue weighted by Crippen LogP contribution is -2.44. The molecule has 3 N–H and O–H groups in total. The Morgan fingerprint density at radius 3 is 2.24 bits per heavy atom. The second-order valence-electron chi connectivity index (χ2n) is 9.91. The van der Waals surface area contributed by atoms with Crippen molar-refractivity contribution < 1.29 is 24.2 Å². The molecular formula is C27H30N2O5. The molecule has 34 heavy (non-hydrogen) atoms. The van der Waals surface area contributed by atoms with Crippen LogP contribution in [0.2, 0.25) is 0 Å². The number of ether oxygens (including phenoxy) is 1. The maximum atomic E-state index is 12.8. The molecule has 178 valence electrons. The highest BCUT2D eigenvalue weighted by Gasteiger charge is 2.50. The molecule has 0 saturated heterocycles. The minimum absolute atomic E-state index is 0.00236. The van der Waals surface area contributed by atoms with Crippen molar-refractivity contribution in [2.45, 2.75) is 50.5 Å². The topological polar surface area (TPSA) is 105 Å². The summed E-state index contributed by atoms with van der Waals surface area (Å²) in [4.78, 5) is 36.3. The summed E-state index contributed by atoms with van der Waals surface area (Å²) in [7, 11) is 0. The van der Waals surface area contributed by atoms with Crippen LogP contribution in [0.4, 0.5) is 4.79 Å². The number of carboxylic acids is 1. The average Bonchev–Trinajstić information content (AvgIpc) is 3.40. The second kappa shape index (κ2) is 9.12. The third-order valence-electron chi connectivity index (χ3n) is 7.59. The van der Waals surface area contributed by atoms with E-state index in [2.05, 4.69) is 34.9 Å². The molecule has 0 spiro atoms. The summed E-state index contributed by atoms with van der Waals surface area (Å²) >= 11 is 0. The Kier molecular flexibility index (Phi) is 6.02. The summed E-state index contributed by atoms with van der Waals surface area (Å²) in [6, 6.07) is 16.4. The average molecular weight is 463 g/mol. The number of hydrogen-bond donors (Lipinski definition) is 3. The largest absolute Gasteiger partial charge is 0.481 e. The van der Waals surface area contributed by atoms with Gasteiger partial charge in [0.15, 0.2) is 0 Å². The molecule has 0 heterocycles. The molecule has 0 aliphatic heterocycles. The van der Waals surface area contributed by atoms with Gasteiger partial charge in [-0.1, -0.05) is 48.5 Å². The highest BCUT2D eigenvalue weighted by atomic mass is 16.5. The third-order valence-corrected chi connectivity index (χ3v) is 7.59. The van der Waals surface area contributed by atoms with E-state index in [0.717, 1.165) is 36.8 Å². The Labute approximate surface area is 198 Å². The van der Waals surface area contributed by atoms with E-state index in [0.29, 0.717) is 6.42 Å². The fraction of sp³-hybridized carbons (Fsp3) is 0.444. The molecule has 0 unspecified atom stereocenters. The molecule has 2 aromatic rings. The van der Waals surface area contributed by atoms with Crippen molar-refractivity contribution in [2.24, 2.45) is 11.3 Å². The van der Waals surface area contributed by atoms with Gasteiger partial charge in [0, 0.05) is 24.9 Å². The van der Waals surface area contributed by atoms with E-state index in [9.17, 15) is 14.4 Å². The van der Waals surface area contributed by atoms with Gasteiger partial charge >= 0.3 is 12.1 Å².